The smallest absolute Gasteiger partial charge is 0.0720 e. The Bertz CT molecular complexity index is 450. The van der Waals surface area contributed by atoms with E-state index in [-0.39, 0.29) is 0 Å². The summed E-state index contributed by atoms with van der Waals surface area (Å²) in [6.45, 7) is 0.793. The number of hydrogen-bond donors (Lipinski definition) is 0. The van der Waals surface area contributed by atoms with Crippen LogP contribution in [0.5, 0.6) is 0 Å². The maximum absolute atomic E-state index is 6.28. The topological polar surface area (TPSA) is 9.23 Å². The van der Waals surface area contributed by atoms with Crippen molar-refractivity contribution in [2.45, 2.75) is 32.0 Å². The van der Waals surface area contributed by atoms with Gasteiger partial charge in [-0.1, -0.05) is 42.5 Å². The van der Waals surface area contributed by atoms with E-state index in [0.29, 0.717) is 6.10 Å². The average molecular weight is 240 g/mol. The van der Waals surface area contributed by atoms with Crippen LogP contribution in [0.2, 0.25) is 0 Å². The number of fused-ring (bicyclic) bond motifs is 5. The van der Waals surface area contributed by atoms with E-state index in [0.717, 1.165) is 30.3 Å². The number of ether oxygens (including phenoxy) is 1. The molecule has 1 aromatic rings. The van der Waals surface area contributed by atoms with Gasteiger partial charge in [0.05, 0.1) is 12.7 Å². The molecule has 0 saturated heterocycles. The van der Waals surface area contributed by atoms with Crippen molar-refractivity contribution in [1.29, 1.82) is 0 Å². The van der Waals surface area contributed by atoms with Gasteiger partial charge >= 0.3 is 0 Å². The molecule has 0 spiro atoms. The Morgan fingerprint density at radius 1 is 1.00 bits per heavy atom. The van der Waals surface area contributed by atoms with Gasteiger partial charge in [0.2, 0.25) is 0 Å². The van der Waals surface area contributed by atoms with Gasteiger partial charge < -0.3 is 4.74 Å². The Balaban J connectivity index is 1.46. The highest BCUT2D eigenvalue weighted by Gasteiger charge is 2.54. The number of allylic oxidation sites excluding steroid dienone is 2. The van der Waals surface area contributed by atoms with E-state index < -0.39 is 0 Å². The zero-order valence-corrected chi connectivity index (χ0v) is 10.7. The third-order valence-electron chi connectivity index (χ3n) is 5.27. The van der Waals surface area contributed by atoms with Crippen LogP contribution in [0.15, 0.2) is 42.5 Å². The lowest BCUT2D eigenvalue weighted by Crippen LogP contribution is -2.20. The van der Waals surface area contributed by atoms with Gasteiger partial charge in [-0.2, -0.15) is 0 Å². The van der Waals surface area contributed by atoms with E-state index in [2.05, 4.69) is 42.5 Å². The maximum Gasteiger partial charge on any atom is 0.0720 e. The van der Waals surface area contributed by atoms with E-state index in [1.165, 1.54) is 24.8 Å². The summed E-state index contributed by atoms with van der Waals surface area (Å²) in [5.41, 5.74) is 1.31. The van der Waals surface area contributed by atoms with Crippen LogP contribution in [0, 0.1) is 23.7 Å². The molecule has 0 aliphatic heterocycles. The van der Waals surface area contributed by atoms with Crippen molar-refractivity contribution in [3.63, 3.8) is 0 Å². The Kier molecular flexibility index (Phi) is 2.54. The van der Waals surface area contributed by atoms with Gasteiger partial charge in [0.1, 0.15) is 0 Å². The fourth-order valence-corrected chi connectivity index (χ4v) is 4.53. The predicted octanol–water partition coefficient (Wildman–Crippen LogP) is 3.80. The van der Waals surface area contributed by atoms with Crippen LogP contribution < -0.4 is 0 Å². The average Bonchev–Trinajstić information content (AvgIpc) is 3.09. The van der Waals surface area contributed by atoms with Crippen molar-refractivity contribution in [2.24, 2.45) is 23.7 Å². The minimum atomic E-state index is 0.533. The second-order valence-corrected chi connectivity index (χ2v) is 6.07. The standard InChI is InChI=1S/C17H20O/c1-2-5-12(6-3-1)11-18-17-15-9-10-16(17)14-8-4-7-13(14)15/h1-7,13-17H,8-11H2. The zero-order chi connectivity index (χ0) is 11.9. The first-order valence-electron chi connectivity index (χ1n) is 7.25. The molecule has 0 amide bonds. The molecule has 5 atom stereocenters. The third-order valence-corrected chi connectivity index (χ3v) is 5.27. The Labute approximate surface area is 109 Å². The molecule has 1 aromatic carbocycles. The van der Waals surface area contributed by atoms with E-state index in [1.807, 2.05) is 0 Å². The molecule has 0 aromatic heterocycles. The Morgan fingerprint density at radius 2 is 1.83 bits per heavy atom. The Hall–Kier alpha value is -1.08. The summed E-state index contributed by atoms with van der Waals surface area (Å²) in [7, 11) is 0. The van der Waals surface area contributed by atoms with Crippen LogP contribution in [-0.2, 0) is 11.3 Å². The molecule has 94 valence electrons. The summed E-state index contributed by atoms with van der Waals surface area (Å²) in [6.07, 6.45) is 9.48. The first kappa shape index (κ1) is 10.8. The van der Waals surface area contributed by atoms with Crippen molar-refractivity contribution < 1.29 is 4.74 Å². The van der Waals surface area contributed by atoms with E-state index in [9.17, 15) is 0 Å². The summed E-state index contributed by atoms with van der Waals surface area (Å²) in [5, 5.41) is 0. The Morgan fingerprint density at radius 3 is 2.67 bits per heavy atom. The fraction of sp³-hybridized carbons (Fsp3) is 0.529. The highest BCUT2D eigenvalue weighted by atomic mass is 16.5. The number of hydrogen-bond acceptors (Lipinski definition) is 1. The summed E-state index contributed by atoms with van der Waals surface area (Å²) >= 11 is 0. The molecular weight excluding hydrogens is 220 g/mol. The van der Waals surface area contributed by atoms with Gasteiger partial charge in [-0.3, -0.25) is 0 Å². The quantitative estimate of drug-likeness (QED) is 0.730. The molecule has 5 unspecified atom stereocenters. The summed E-state index contributed by atoms with van der Waals surface area (Å²) in [6, 6.07) is 10.6. The van der Waals surface area contributed by atoms with Crippen LogP contribution in [0.25, 0.3) is 0 Å². The molecule has 0 N–H and O–H groups in total. The van der Waals surface area contributed by atoms with Gasteiger partial charge in [-0.15, -0.1) is 0 Å². The second kappa shape index (κ2) is 4.24. The van der Waals surface area contributed by atoms with Crippen LogP contribution in [0.3, 0.4) is 0 Å². The first-order chi connectivity index (χ1) is 8.93. The van der Waals surface area contributed by atoms with Crippen LogP contribution in [-0.4, -0.2) is 6.10 Å². The van der Waals surface area contributed by atoms with E-state index >= 15 is 0 Å². The largest absolute Gasteiger partial charge is 0.373 e. The minimum absolute atomic E-state index is 0.533. The molecule has 0 heterocycles. The monoisotopic (exact) mass is 240 g/mol. The van der Waals surface area contributed by atoms with Crippen molar-refractivity contribution >= 4 is 0 Å². The molecule has 18 heavy (non-hydrogen) atoms. The molecule has 1 heteroatoms. The number of rotatable bonds is 3. The van der Waals surface area contributed by atoms with Crippen molar-refractivity contribution in [2.75, 3.05) is 0 Å². The van der Waals surface area contributed by atoms with Gasteiger partial charge in [0, 0.05) is 0 Å². The third kappa shape index (κ3) is 1.57. The van der Waals surface area contributed by atoms with E-state index in [1.54, 1.807) is 0 Å². The summed E-state index contributed by atoms with van der Waals surface area (Å²) in [5.74, 6) is 3.38. The summed E-state index contributed by atoms with van der Waals surface area (Å²) < 4.78 is 6.28. The number of benzene rings is 1. The van der Waals surface area contributed by atoms with Crippen molar-refractivity contribution in [3.05, 3.63) is 48.0 Å². The lowest BCUT2D eigenvalue weighted by molar-refractivity contribution is 0.00573. The van der Waals surface area contributed by atoms with Crippen LogP contribution in [0.1, 0.15) is 24.8 Å². The van der Waals surface area contributed by atoms with Gasteiger partial charge in [0.25, 0.3) is 0 Å². The fourth-order valence-electron chi connectivity index (χ4n) is 4.53. The molecule has 3 aliphatic rings. The predicted molar refractivity (Wildman–Crippen MR) is 72.0 cm³/mol. The van der Waals surface area contributed by atoms with Gasteiger partial charge in [0.15, 0.2) is 0 Å². The second-order valence-electron chi connectivity index (χ2n) is 6.07. The zero-order valence-electron chi connectivity index (χ0n) is 10.7. The SMILES string of the molecule is C1=CC2C(C1)C1CCC2C1OCc1ccccc1. The van der Waals surface area contributed by atoms with Crippen LogP contribution in [0.4, 0.5) is 0 Å². The molecule has 3 aliphatic carbocycles. The van der Waals surface area contributed by atoms with Crippen LogP contribution >= 0.6 is 0 Å². The van der Waals surface area contributed by atoms with Crippen molar-refractivity contribution in [1.82, 2.24) is 0 Å². The first-order valence-corrected chi connectivity index (χ1v) is 7.25. The molecule has 2 bridgehead atoms. The molecular formula is C17H20O. The molecule has 4 rings (SSSR count). The molecule has 0 radical (unpaired) electrons. The maximum atomic E-state index is 6.28. The summed E-state index contributed by atoms with van der Waals surface area (Å²) in [4.78, 5) is 0. The highest BCUT2D eigenvalue weighted by Crippen LogP contribution is 2.57. The van der Waals surface area contributed by atoms with Crippen molar-refractivity contribution in [3.8, 4) is 0 Å². The molecule has 2 fully saturated rings. The van der Waals surface area contributed by atoms with Gasteiger partial charge in [-0.25, -0.2) is 0 Å². The minimum Gasteiger partial charge on any atom is -0.373 e. The van der Waals surface area contributed by atoms with E-state index in [4.69, 9.17) is 4.74 Å². The normalized spacial score (nSPS) is 40.3. The van der Waals surface area contributed by atoms with Gasteiger partial charge in [-0.05, 0) is 48.5 Å². The molecule has 2 saturated carbocycles. The lowest BCUT2D eigenvalue weighted by atomic mass is 9.82. The highest BCUT2D eigenvalue weighted by molar-refractivity contribution is 5.17. The lowest BCUT2D eigenvalue weighted by Gasteiger charge is -2.22. The molecule has 1 nitrogen and oxygen atoms in total.